The first kappa shape index (κ1) is 16.2. The summed E-state index contributed by atoms with van der Waals surface area (Å²) in [5, 5.41) is 0.339. The van der Waals surface area contributed by atoms with E-state index in [0.717, 1.165) is 23.4 Å². The largest absolute Gasteiger partial charge is 0.431 e. The molecule has 0 radical (unpaired) electrons. The van der Waals surface area contributed by atoms with Crippen LogP contribution in [0.5, 0.6) is 0 Å². The van der Waals surface area contributed by atoms with E-state index in [1.54, 1.807) is 12.3 Å². The molecule has 0 saturated heterocycles. The topological polar surface area (TPSA) is 38.9 Å². The fourth-order valence-electron chi connectivity index (χ4n) is 2.32. The molecule has 2 aromatic heterocycles. The number of oxazole rings is 1. The van der Waals surface area contributed by atoms with Crippen LogP contribution < -0.4 is 0 Å². The summed E-state index contributed by atoms with van der Waals surface area (Å²) in [7, 11) is 0. The molecule has 126 valence electrons. The maximum Gasteiger partial charge on any atom is 0.418 e. The molecule has 25 heavy (non-hydrogen) atoms. The Morgan fingerprint density at radius 3 is 2.56 bits per heavy atom. The number of rotatable bonds is 3. The summed E-state index contributed by atoms with van der Waals surface area (Å²) in [5.74, 6) is 0.597. The van der Waals surface area contributed by atoms with Crippen LogP contribution in [0.1, 0.15) is 5.56 Å². The lowest BCUT2D eigenvalue weighted by Crippen LogP contribution is -2.05. The molecule has 4 rings (SSSR count). The SMILES string of the molecule is FC(F)(F)c1cccc2sc(Sc3ncc(-c4ccccc4)o3)nc12. The molecule has 0 bridgehead atoms. The van der Waals surface area contributed by atoms with Crippen molar-refractivity contribution in [3.05, 3.63) is 60.3 Å². The third kappa shape index (κ3) is 3.27. The van der Waals surface area contributed by atoms with E-state index in [2.05, 4.69) is 9.97 Å². The number of aromatic nitrogens is 2. The molecular weight excluding hydrogens is 369 g/mol. The van der Waals surface area contributed by atoms with Gasteiger partial charge >= 0.3 is 6.18 Å². The van der Waals surface area contributed by atoms with E-state index in [4.69, 9.17) is 4.42 Å². The Labute approximate surface area is 148 Å². The highest BCUT2D eigenvalue weighted by molar-refractivity contribution is 8.00. The fourth-order valence-corrected chi connectivity index (χ4v) is 4.21. The van der Waals surface area contributed by atoms with Crippen LogP contribution in [-0.2, 0) is 6.18 Å². The van der Waals surface area contributed by atoms with Crippen LogP contribution in [0.2, 0.25) is 0 Å². The van der Waals surface area contributed by atoms with Gasteiger partial charge in [0.05, 0.1) is 22.0 Å². The Balaban J connectivity index is 1.65. The van der Waals surface area contributed by atoms with Crippen molar-refractivity contribution < 1.29 is 17.6 Å². The second-order valence-corrected chi connectivity index (χ2v) is 7.32. The first-order valence-electron chi connectivity index (χ1n) is 7.16. The number of hydrogen-bond donors (Lipinski definition) is 0. The van der Waals surface area contributed by atoms with E-state index in [0.29, 0.717) is 20.0 Å². The number of para-hydroxylation sites is 1. The second-order valence-electron chi connectivity index (χ2n) is 5.09. The lowest BCUT2D eigenvalue weighted by Gasteiger charge is -2.05. The van der Waals surface area contributed by atoms with Crippen molar-refractivity contribution in [3.8, 4) is 11.3 Å². The predicted molar refractivity (Wildman–Crippen MR) is 90.7 cm³/mol. The Hall–Kier alpha value is -2.32. The van der Waals surface area contributed by atoms with E-state index in [1.165, 1.54) is 17.4 Å². The zero-order valence-electron chi connectivity index (χ0n) is 12.4. The fraction of sp³-hybridized carbons (Fsp3) is 0.0588. The van der Waals surface area contributed by atoms with E-state index in [9.17, 15) is 13.2 Å². The van der Waals surface area contributed by atoms with Gasteiger partial charge in [-0.2, -0.15) is 13.2 Å². The Bertz CT molecular complexity index is 1030. The quantitative estimate of drug-likeness (QED) is 0.430. The minimum absolute atomic E-state index is 0.0441. The van der Waals surface area contributed by atoms with Gasteiger partial charge in [-0.05, 0) is 12.1 Å². The van der Waals surface area contributed by atoms with Crippen molar-refractivity contribution in [2.24, 2.45) is 0 Å². The van der Waals surface area contributed by atoms with Crippen molar-refractivity contribution in [3.63, 3.8) is 0 Å². The Morgan fingerprint density at radius 1 is 1.00 bits per heavy atom. The zero-order chi connectivity index (χ0) is 17.4. The summed E-state index contributed by atoms with van der Waals surface area (Å²) in [6.07, 6.45) is -2.84. The maximum atomic E-state index is 13.1. The van der Waals surface area contributed by atoms with Crippen molar-refractivity contribution in [1.29, 1.82) is 0 Å². The lowest BCUT2D eigenvalue weighted by atomic mass is 10.2. The molecule has 0 atom stereocenters. The van der Waals surface area contributed by atoms with Crippen LogP contribution in [0.25, 0.3) is 21.5 Å². The zero-order valence-corrected chi connectivity index (χ0v) is 14.1. The second kappa shape index (κ2) is 6.20. The number of hydrogen-bond acceptors (Lipinski definition) is 5. The van der Waals surface area contributed by atoms with Crippen LogP contribution in [0, 0.1) is 0 Å². The minimum atomic E-state index is -4.43. The number of halogens is 3. The minimum Gasteiger partial charge on any atom is -0.431 e. The molecule has 0 aliphatic heterocycles. The van der Waals surface area contributed by atoms with Crippen molar-refractivity contribution in [2.45, 2.75) is 15.7 Å². The average Bonchev–Trinajstić information content (AvgIpc) is 3.21. The number of benzene rings is 2. The normalized spacial score (nSPS) is 12.0. The molecule has 2 heterocycles. The number of nitrogens with zero attached hydrogens (tertiary/aromatic N) is 2. The van der Waals surface area contributed by atoms with Gasteiger partial charge in [0, 0.05) is 17.3 Å². The molecule has 0 spiro atoms. The van der Waals surface area contributed by atoms with Crippen LogP contribution in [-0.4, -0.2) is 9.97 Å². The predicted octanol–water partition coefficient (Wildman–Crippen LogP) is 6.12. The summed E-state index contributed by atoms with van der Waals surface area (Å²) >= 11 is 2.29. The van der Waals surface area contributed by atoms with Gasteiger partial charge in [-0.25, -0.2) is 9.97 Å². The molecule has 0 aliphatic carbocycles. The van der Waals surface area contributed by atoms with E-state index >= 15 is 0 Å². The molecule has 0 amide bonds. The molecule has 0 N–H and O–H groups in total. The Morgan fingerprint density at radius 2 is 1.80 bits per heavy atom. The number of alkyl halides is 3. The maximum absolute atomic E-state index is 13.1. The van der Waals surface area contributed by atoms with Gasteiger partial charge in [-0.15, -0.1) is 11.3 Å². The Kier molecular flexibility index (Phi) is 4.01. The van der Waals surface area contributed by atoms with Crippen LogP contribution >= 0.6 is 23.1 Å². The van der Waals surface area contributed by atoms with Gasteiger partial charge in [0.2, 0.25) is 0 Å². The first-order chi connectivity index (χ1) is 12.0. The van der Waals surface area contributed by atoms with Gasteiger partial charge < -0.3 is 4.42 Å². The van der Waals surface area contributed by atoms with Gasteiger partial charge in [0.25, 0.3) is 5.22 Å². The molecule has 2 aromatic carbocycles. The van der Waals surface area contributed by atoms with E-state index in [-0.39, 0.29) is 5.52 Å². The molecule has 0 aliphatic rings. The highest BCUT2D eigenvalue weighted by atomic mass is 32.2. The van der Waals surface area contributed by atoms with Gasteiger partial charge in [0.1, 0.15) is 0 Å². The molecule has 3 nitrogen and oxygen atoms in total. The standard InChI is InChI=1S/C17H9F3N2OS2/c18-17(19,20)11-7-4-8-13-14(11)22-16(24-13)25-15-21-9-12(23-15)10-5-2-1-3-6-10/h1-9H. The number of fused-ring (bicyclic) bond motifs is 1. The summed E-state index contributed by atoms with van der Waals surface area (Å²) in [4.78, 5) is 8.29. The van der Waals surface area contributed by atoms with Gasteiger partial charge in [-0.1, -0.05) is 36.4 Å². The highest BCUT2D eigenvalue weighted by Crippen LogP contribution is 2.40. The molecule has 0 unspecified atom stereocenters. The average molecular weight is 378 g/mol. The summed E-state index contributed by atoms with van der Waals surface area (Å²) < 4.78 is 45.8. The van der Waals surface area contributed by atoms with Crippen LogP contribution in [0.4, 0.5) is 13.2 Å². The molecule has 4 aromatic rings. The summed E-state index contributed by atoms with van der Waals surface area (Å²) in [6.45, 7) is 0. The summed E-state index contributed by atoms with van der Waals surface area (Å²) in [5.41, 5.74) is 0.105. The third-order valence-corrected chi connectivity index (χ3v) is 5.37. The molecular formula is C17H9F3N2OS2. The highest BCUT2D eigenvalue weighted by Gasteiger charge is 2.33. The van der Waals surface area contributed by atoms with Gasteiger partial charge in [-0.3, -0.25) is 0 Å². The van der Waals surface area contributed by atoms with Crippen molar-refractivity contribution in [1.82, 2.24) is 9.97 Å². The third-order valence-electron chi connectivity index (χ3n) is 3.42. The van der Waals surface area contributed by atoms with Crippen molar-refractivity contribution in [2.75, 3.05) is 0 Å². The molecule has 0 fully saturated rings. The van der Waals surface area contributed by atoms with Crippen LogP contribution in [0.3, 0.4) is 0 Å². The van der Waals surface area contributed by atoms with Crippen LogP contribution in [0.15, 0.2) is 68.7 Å². The first-order valence-corrected chi connectivity index (χ1v) is 8.80. The molecule has 0 saturated carbocycles. The van der Waals surface area contributed by atoms with Gasteiger partial charge in [0.15, 0.2) is 10.1 Å². The lowest BCUT2D eigenvalue weighted by molar-refractivity contribution is -0.136. The van der Waals surface area contributed by atoms with E-state index in [1.807, 2.05) is 30.3 Å². The molecule has 8 heteroatoms. The number of thiazole rings is 1. The smallest absolute Gasteiger partial charge is 0.418 e. The summed E-state index contributed by atoms with van der Waals surface area (Å²) in [6, 6.07) is 13.5. The van der Waals surface area contributed by atoms with Crippen molar-refractivity contribution >= 4 is 33.3 Å². The van der Waals surface area contributed by atoms with E-state index < -0.39 is 11.7 Å². The monoisotopic (exact) mass is 378 g/mol.